The lowest BCUT2D eigenvalue weighted by Gasteiger charge is -2.03. The highest BCUT2D eigenvalue weighted by molar-refractivity contribution is 6.30. The number of aromatic nitrogens is 2. The standard InChI is InChI=1S/C13H10ClFN4/c14-9-3-2-8(6-10(9)15)17-13-18-11-4-1-7(16)5-12(11)19-13/h1-6H,16H2,(H2,17,18,19). The van der Waals surface area contributed by atoms with Gasteiger partial charge in [-0.25, -0.2) is 9.37 Å². The van der Waals surface area contributed by atoms with Gasteiger partial charge >= 0.3 is 0 Å². The van der Waals surface area contributed by atoms with Crippen molar-refractivity contribution in [1.29, 1.82) is 0 Å². The molecule has 0 amide bonds. The number of nitrogens with one attached hydrogen (secondary N) is 2. The molecule has 2 aromatic carbocycles. The smallest absolute Gasteiger partial charge is 0.205 e. The summed E-state index contributed by atoms with van der Waals surface area (Å²) in [5.74, 6) is 0.0364. The summed E-state index contributed by atoms with van der Waals surface area (Å²) in [6, 6.07) is 9.84. The molecule has 1 aromatic heterocycles. The van der Waals surface area contributed by atoms with Gasteiger partial charge in [-0.1, -0.05) is 11.6 Å². The zero-order valence-electron chi connectivity index (χ0n) is 9.74. The van der Waals surface area contributed by atoms with Gasteiger partial charge in [0.25, 0.3) is 0 Å². The van der Waals surface area contributed by atoms with Crippen molar-refractivity contribution in [3.63, 3.8) is 0 Å². The fourth-order valence-electron chi connectivity index (χ4n) is 1.80. The highest BCUT2D eigenvalue weighted by atomic mass is 35.5. The minimum atomic E-state index is -0.480. The van der Waals surface area contributed by atoms with Crippen molar-refractivity contribution in [3.8, 4) is 0 Å². The summed E-state index contributed by atoms with van der Waals surface area (Å²) in [5.41, 5.74) is 8.51. The van der Waals surface area contributed by atoms with Gasteiger partial charge in [0, 0.05) is 11.4 Å². The number of imidazole rings is 1. The number of fused-ring (bicyclic) bond motifs is 1. The average molecular weight is 277 g/mol. The SMILES string of the molecule is Nc1ccc2nc(Nc3ccc(Cl)c(F)c3)[nH]c2c1. The van der Waals surface area contributed by atoms with Crippen molar-refractivity contribution >= 4 is 40.0 Å². The normalized spacial score (nSPS) is 10.8. The fourth-order valence-corrected chi connectivity index (χ4v) is 1.91. The van der Waals surface area contributed by atoms with Gasteiger partial charge in [-0.3, -0.25) is 0 Å². The molecule has 4 nitrogen and oxygen atoms in total. The van der Waals surface area contributed by atoms with Crippen molar-refractivity contribution in [2.24, 2.45) is 0 Å². The molecule has 0 aliphatic heterocycles. The Morgan fingerprint density at radius 2 is 2.05 bits per heavy atom. The van der Waals surface area contributed by atoms with Crippen LogP contribution in [0.5, 0.6) is 0 Å². The van der Waals surface area contributed by atoms with E-state index < -0.39 is 5.82 Å². The zero-order chi connectivity index (χ0) is 13.4. The Kier molecular flexibility index (Phi) is 2.76. The van der Waals surface area contributed by atoms with Crippen LogP contribution in [0.25, 0.3) is 11.0 Å². The van der Waals surface area contributed by atoms with E-state index in [-0.39, 0.29) is 5.02 Å². The first-order valence-electron chi connectivity index (χ1n) is 5.59. The van der Waals surface area contributed by atoms with Crippen molar-refractivity contribution in [2.45, 2.75) is 0 Å². The Bertz CT molecular complexity index is 753. The zero-order valence-corrected chi connectivity index (χ0v) is 10.5. The molecule has 19 heavy (non-hydrogen) atoms. The number of benzene rings is 2. The van der Waals surface area contributed by atoms with Crippen molar-refractivity contribution in [2.75, 3.05) is 11.1 Å². The third kappa shape index (κ3) is 2.32. The molecule has 3 rings (SSSR count). The molecular formula is C13H10ClFN4. The van der Waals surface area contributed by atoms with E-state index in [4.69, 9.17) is 17.3 Å². The highest BCUT2D eigenvalue weighted by Gasteiger charge is 2.05. The molecule has 4 N–H and O–H groups in total. The first kappa shape index (κ1) is 11.8. The first-order chi connectivity index (χ1) is 9.11. The Morgan fingerprint density at radius 3 is 2.84 bits per heavy atom. The number of nitrogens with zero attached hydrogens (tertiary/aromatic N) is 1. The number of hydrogen-bond acceptors (Lipinski definition) is 3. The topological polar surface area (TPSA) is 66.7 Å². The molecule has 96 valence electrons. The van der Waals surface area contributed by atoms with Gasteiger partial charge in [-0.05, 0) is 36.4 Å². The average Bonchev–Trinajstić information content (AvgIpc) is 2.75. The molecule has 0 bridgehead atoms. The largest absolute Gasteiger partial charge is 0.399 e. The quantitative estimate of drug-likeness (QED) is 0.626. The van der Waals surface area contributed by atoms with Crippen LogP contribution in [-0.4, -0.2) is 9.97 Å². The monoisotopic (exact) mass is 276 g/mol. The molecular weight excluding hydrogens is 267 g/mol. The summed E-state index contributed by atoms with van der Waals surface area (Å²) in [6.07, 6.45) is 0. The predicted octanol–water partition coefficient (Wildman–Crippen LogP) is 3.68. The second-order valence-corrected chi connectivity index (χ2v) is 4.52. The molecule has 6 heteroatoms. The summed E-state index contributed by atoms with van der Waals surface area (Å²) in [6.45, 7) is 0. The Balaban J connectivity index is 1.94. The Hall–Kier alpha value is -2.27. The van der Waals surface area contributed by atoms with E-state index in [0.717, 1.165) is 11.0 Å². The highest BCUT2D eigenvalue weighted by Crippen LogP contribution is 2.23. The van der Waals surface area contributed by atoms with E-state index in [9.17, 15) is 4.39 Å². The summed E-state index contributed by atoms with van der Waals surface area (Å²) in [7, 11) is 0. The molecule has 0 saturated carbocycles. The van der Waals surface area contributed by atoms with E-state index in [0.29, 0.717) is 17.3 Å². The predicted molar refractivity (Wildman–Crippen MR) is 75.2 cm³/mol. The second-order valence-electron chi connectivity index (χ2n) is 4.12. The lowest BCUT2D eigenvalue weighted by Crippen LogP contribution is -1.92. The molecule has 0 saturated heterocycles. The molecule has 0 spiro atoms. The van der Waals surface area contributed by atoms with Crippen LogP contribution in [0.2, 0.25) is 5.02 Å². The molecule has 1 heterocycles. The molecule has 3 aromatic rings. The van der Waals surface area contributed by atoms with Crippen LogP contribution in [0.3, 0.4) is 0 Å². The molecule has 0 radical (unpaired) electrons. The number of halogens is 2. The van der Waals surface area contributed by atoms with Crippen LogP contribution in [-0.2, 0) is 0 Å². The molecule has 0 atom stereocenters. The lowest BCUT2D eigenvalue weighted by molar-refractivity contribution is 0.629. The molecule has 0 fully saturated rings. The summed E-state index contributed by atoms with van der Waals surface area (Å²) >= 11 is 5.63. The number of hydrogen-bond donors (Lipinski definition) is 3. The maximum absolute atomic E-state index is 13.3. The molecule has 0 aliphatic carbocycles. The van der Waals surface area contributed by atoms with Crippen LogP contribution >= 0.6 is 11.6 Å². The lowest BCUT2D eigenvalue weighted by atomic mass is 10.3. The van der Waals surface area contributed by atoms with Crippen LogP contribution in [0.1, 0.15) is 0 Å². The maximum Gasteiger partial charge on any atom is 0.205 e. The first-order valence-corrected chi connectivity index (χ1v) is 5.97. The number of nitrogens with two attached hydrogens (primary N) is 1. The number of anilines is 3. The number of H-pyrrole nitrogens is 1. The van der Waals surface area contributed by atoms with Gasteiger partial charge < -0.3 is 16.0 Å². The number of rotatable bonds is 2. The summed E-state index contributed by atoms with van der Waals surface area (Å²) in [5, 5.41) is 3.06. The van der Waals surface area contributed by atoms with Gasteiger partial charge in [0.15, 0.2) is 0 Å². The van der Waals surface area contributed by atoms with Gasteiger partial charge in [0.05, 0.1) is 16.1 Å². The maximum atomic E-state index is 13.3. The van der Waals surface area contributed by atoms with E-state index in [1.165, 1.54) is 12.1 Å². The Labute approximate surface area is 113 Å². The van der Waals surface area contributed by atoms with Crippen molar-refractivity contribution in [1.82, 2.24) is 9.97 Å². The van der Waals surface area contributed by atoms with Crippen LogP contribution in [0.4, 0.5) is 21.7 Å². The van der Waals surface area contributed by atoms with E-state index in [1.54, 1.807) is 18.2 Å². The Morgan fingerprint density at radius 1 is 1.21 bits per heavy atom. The van der Waals surface area contributed by atoms with Crippen LogP contribution in [0, 0.1) is 5.82 Å². The van der Waals surface area contributed by atoms with Gasteiger partial charge in [-0.2, -0.15) is 0 Å². The summed E-state index contributed by atoms with van der Waals surface area (Å²) in [4.78, 5) is 7.38. The van der Waals surface area contributed by atoms with Crippen molar-refractivity contribution in [3.05, 3.63) is 47.2 Å². The fraction of sp³-hybridized carbons (Fsp3) is 0. The van der Waals surface area contributed by atoms with Gasteiger partial charge in [-0.15, -0.1) is 0 Å². The van der Waals surface area contributed by atoms with Crippen LogP contribution < -0.4 is 11.1 Å². The van der Waals surface area contributed by atoms with Gasteiger partial charge in [0.2, 0.25) is 5.95 Å². The van der Waals surface area contributed by atoms with E-state index in [2.05, 4.69) is 15.3 Å². The van der Waals surface area contributed by atoms with E-state index in [1.807, 2.05) is 6.07 Å². The van der Waals surface area contributed by atoms with Crippen LogP contribution in [0.15, 0.2) is 36.4 Å². The van der Waals surface area contributed by atoms with E-state index >= 15 is 0 Å². The summed E-state index contributed by atoms with van der Waals surface area (Å²) < 4.78 is 13.3. The third-order valence-electron chi connectivity index (χ3n) is 2.69. The minimum Gasteiger partial charge on any atom is -0.399 e. The second kappa shape index (κ2) is 4.44. The third-order valence-corrected chi connectivity index (χ3v) is 2.99. The molecule has 0 aliphatic rings. The minimum absolute atomic E-state index is 0.0860. The van der Waals surface area contributed by atoms with Crippen molar-refractivity contribution < 1.29 is 4.39 Å². The number of nitrogen functional groups attached to an aromatic ring is 1. The molecule has 0 unspecified atom stereocenters. The number of aromatic amines is 1. The van der Waals surface area contributed by atoms with Gasteiger partial charge in [0.1, 0.15) is 5.82 Å².